The molecule has 0 fully saturated rings. The Balaban J connectivity index is 2.72. The lowest BCUT2D eigenvalue weighted by atomic mass is 10.2. The van der Waals surface area contributed by atoms with E-state index in [1.165, 1.54) is 6.26 Å². The highest BCUT2D eigenvalue weighted by atomic mass is 32.1. The van der Waals surface area contributed by atoms with Gasteiger partial charge in [0.1, 0.15) is 0 Å². The van der Waals surface area contributed by atoms with Crippen LogP contribution in [0.5, 0.6) is 0 Å². The van der Waals surface area contributed by atoms with Crippen LogP contribution in [0.1, 0.15) is 5.56 Å². The summed E-state index contributed by atoms with van der Waals surface area (Å²) in [7, 11) is 0. The SMILES string of the molecule is Cc1coc(=O)c2c1sc1ccccc12. The van der Waals surface area contributed by atoms with E-state index in [4.69, 9.17) is 4.42 Å². The van der Waals surface area contributed by atoms with E-state index in [2.05, 4.69) is 0 Å². The van der Waals surface area contributed by atoms with Gasteiger partial charge in [-0.15, -0.1) is 11.3 Å². The van der Waals surface area contributed by atoms with E-state index in [1.54, 1.807) is 11.3 Å². The molecule has 0 atom stereocenters. The average Bonchev–Trinajstić information content (AvgIpc) is 2.64. The highest BCUT2D eigenvalue weighted by Gasteiger charge is 2.10. The van der Waals surface area contributed by atoms with Gasteiger partial charge in [0.05, 0.1) is 11.6 Å². The topological polar surface area (TPSA) is 30.2 Å². The molecular formula is C12H8O2S. The molecule has 1 aromatic carbocycles. The zero-order chi connectivity index (χ0) is 10.4. The summed E-state index contributed by atoms with van der Waals surface area (Å²) in [5, 5.41) is 1.71. The molecule has 0 saturated heterocycles. The zero-order valence-electron chi connectivity index (χ0n) is 8.11. The smallest absolute Gasteiger partial charge is 0.345 e. The predicted molar refractivity (Wildman–Crippen MR) is 62.6 cm³/mol. The fourth-order valence-corrected chi connectivity index (χ4v) is 2.93. The Morgan fingerprint density at radius 3 is 2.93 bits per heavy atom. The monoisotopic (exact) mass is 216 g/mol. The van der Waals surface area contributed by atoms with E-state index in [1.807, 2.05) is 31.2 Å². The summed E-state index contributed by atoms with van der Waals surface area (Å²) < 4.78 is 7.16. The van der Waals surface area contributed by atoms with Crippen LogP contribution < -0.4 is 5.63 Å². The van der Waals surface area contributed by atoms with Gasteiger partial charge in [0.2, 0.25) is 0 Å². The van der Waals surface area contributed by atoms with Gasteiger partial charge < -0.3 is 4.42 Å². The van der Waals surface area contributed by atoms with Crippen molar-refractivity contribution in [1.29, 1.82) is 0 Å². The summed E-state index contributed by atoms with van der Waals surface area (Å²) in [6.45, 7) is 1.96. The van der Waals surface area contributed by atoms with Crippen molar-refractivity contribution < 1.29 is 4.42 Å². The third kappa shape index (κ3) is 1.13. The molecule has 0 aliphatic heterocycles. The summed E-state index contributed by atoms with van der Waals surface area (Å²) >= 11 is 1.64. The molecule has 0 aliphatic rings. The lowest BCUT2D eigenvalue weighted by molar-refractivity contribution is 0.516. The average molecular weight is 216 g/mol. The van der Waals surface area contributed by atoms with Crippen molar-refractivity contribution in [3.05, 3.63) is 46.5 Å². The van der Waals surface area contributed by atoms with Gasteiger partial charge in [-0.05, 0) is 13.0 Å². The van der Waals surface area contributed by atoms with Gasteiger partial charge in [-0.3, -0.25) is 0 Å². The molecule has 2 aromatic heterocycles. The quantitative estimate of drug-likeness (QED) is 0.577. The van der Waals surface area contributed by atoms with Crippen molar-refractivity contribution in [3.8, 4) is 0 Å². The van der Waals surface area contributed by atoms with Crippen molar-refractivity contribution in [2.24, 2.45) is 0 Å². The Bertz CT molecular complexity index is 706. The lowest BCUT2D eigenvalue weighted by Gasteiger charge is -1.91. The molecule has 0 spiro atoms. The van der Waals surface area contributed by atoms with Crippen LogP contribution >= 0.6 is 11.3 Å². The van der Waals surface area contributed by atoms with E-state index in [0.29, 0.717) is 0 Å². The second kappa shape index (κ2) is 2.94. The fourth-order valence-electron chi connectivity index (χ4n) is 1.78. The number of aryl methyl sites for hydroxylation is 1. The third-order valence-corrected chi connectivity index (χ3v) is 3.81. The van der Waals surface area contributed by atoms with Crippen LogP contribution in [0.15, 0.2) is 39.7 Å². The Labute approximate surface area is 89.8 Å². The Morgan fingerprint density at radius 1 is 1.27 bits per heavy atom. The molecule has 0 aliphatic carbocycles. The highest BCUT2D eigenvalue weighted by molar-refractivity contribution is 7.26. The lowest BCUT2D eigenvalue weighted by Crippen LogP contribution is -1.97. The van der Waals surface area contributed by atoms with Gasteiger partial charge >= 0.3 is 5.63 Å². The number of benzene rings is 1. The predicted octanol–water partition coefficient (Wildman–Crippen LogP) is 3.32. The molecule has 0 bridgehead atoms. The van der Waals surface area contributed by atoms with Crippen molar-refractivity contribution in [2.75, 3.05) is 0 Å². The molecular weight excluding hydrogens is 208 g/mol. The first-order chi connectivity index (χ1) is 7.27. The number of hydrogen-bond acceptors (Lipinski definition) is 3. The molecule has 2 nitrogen and oxygen atoms in total. The molecule has 3 aromatic rings. The number of rotatable bonds is 0. The maximum Gasteiger partial charge on any atom is 0.345 e. The maximum absolute atomic E-state index is 11.6. The van der Waals surface area contributed by atoms with E-state index < -0.39 is 0 Å². The molecule has 15 heavy (non-hydrogen) atoms. The molecule has 0 amide bonds. The summed E-state index contributed by atoms with van der Waals surface area (Å²) in [4.78, 5) is 11.6. The first kappa shape index (κ1) is 8.68. The van der Waals surface area contributed by atoms with Crippen LogP contribution in [0, 0.1) is 6.92 Å². The van der Waals surface area contributed by atoms with Crippen LogP contribution in [-0.2, 0) is 0 Å². The van der Waals surface area contributed by atoms with Crippen molar-refractivity contribution in [2.45, 2.75) is 6.92 Å². The zero-order valence-corrected chi connectivity index (χ0v) is 8.93. The maximum atomic E-state index is 11.6. The minimum atomic E-state index is -0.243. The number of hydrogen-bond donors (Lipinski definition) is 0. The summed E-state index contributed by atoms with van der Waals surface area (Å²) in [6.07, 6.45) is 1.53. The second-order valence-corrected chi connectivity index (χ2v) is 4.56. The van der Waals surface area contributed by atoms with Crippen LogP contribution in [0.25, 0.3) is 20.2 Å². The molecule has 2 heterocycles. The van der Waals surface area contributed by atoms with Gasteiger partial charge in [0, 0.05) is 20.3 Å². The van der Waals surface area contributed by atoms with Crippen LogP contribution in [0.2, 0.25) is 0 Å². The second-order valence-electron chi connectivity index (χ2n) is 3.51. The fraction of sp³-hybridized carbons (Fsp3) is 0.0833. The van der Waals surface area contributed by atoms with Crippen LogP contribution in [-0.4, -0.2) is 0 Å². The van der Waals surface area contributed by atoms with Gasteiger partial charge in [-0.1, -0.05) is 18.2 Å². The summed E-state index contributed by atoms with van der Waals surface area (Å²) in [5.41, 5.74) is 0.777. The molecule has 3 heteroatoms. The van der Waals surface area contributed by atoms with Crippen molar-refractivity contribution in [1.82, 2.24) is 0 Å². The Hall–Kier alpha value is -1.61. The molecule has 0 unspecified atom stereocenters. The molecule has 0 N–H and O–H groups in total. The van der Waals surface area contributed by atoms with Gasteiger partial charge in [0.25, 0.3) is 0 Å². The van der Waals surface area contributed by atoms with Gasteiger partial charge in [-0.25, -0.2) is 4.79 Å². The Morgan fingerprint density at radius 2 is 2.07 bits per heavy atom. The molecule has 3 rings (SSSR count). The molecule has 0 radical (unpaired) electrons. The van der Waals surface area contributed by atoms with Crippen molar-refractivity contribution >= 4 is 31.5 Å². The largest absolute Gasteiger partial charge is 0.431 e. The molecule has 0 saturated carbocycles. The molecule has 74 valence electrons. The summed E-state index contributed by atoms with van der Waals surface area (Å²) in [5.74, 6) is 0. The van der Waals surface area contributed by atoms with E-state index in [9.17, 15) is 4.79 Å². The van der Waals surface area contributed by atoms with E-state index in [-0.39, 0.29) is 5.63 Å². The number of fused-ring (bicyclic) bond motifs is 3. The minimum Gasteiger partial charge on any atom is -0.431 e. The normalized spacial score (nSPS) is 11.3. The minimum absolute atomic E-state index is 0.243. The first-order valence-electron chi connectivity index (χ1n) is 4.67. The van der Waals surface area contributed by atoms with Crippen LogP contribution in [0.3, 0.4) is 0 Å². The standard InChI is InChI=1S/C12H8O2S/c1-7-6-14-12(13)10-8-4-2-3-5-9(8)15-11(7)10/h2-6H,1H3. The summed E-state index contributed by atoms with van der Waals surface area (Å²) in [6, 6.07) is 7.91. The van der Waals surface area contributed by atoms with Crippen molar-refractivity contribution in [3.63, 3.8) is 0 Å². The van der Waals surface area contributed by atoms with Crippen LogP contribution in [0.4, 0.5) is 0 Å². The van der Waals surface area contributed by atoms with Gasteiger partial charge in [-0.2, -0.15) is 0 Å². The van der Waals surface area contributed by atoms with Gasteiger partial charge in [0.15, 0.2) is 0 Å². The Kier molecular flexibility index (Phi) is 1.70. The third-order valence-electron chi connectivity index (χ3n) is 2.50. The number of thiophene rings is 1. The highest BCUT2D eigenvalue weighted by Crippen LogP contribution is 2.33. The van der Waals surface area contributed by atoms with E-state index >= 15 is 0 Å². The first-order valence-corrected chi connectivity index (χ1v) is 5.48. The van der Waals surface area contributed by atoms with E-state index in [0.717, 1.165) is 25.7 Å².